The van der Waals surface area contributed by atoms with Gasteiger partial charge in [-0.25, -0.2) is 13.8 Å². The highest BCUT2D eigenvalue weighted by atomic mass is 19.1. The summed E-state index contributed by atoms with van der Waals surface area (Å²) in [5.41, 5.74) is 1.01. The predicted octanol–water partition coefficient (Wildman–Crippen LogP) is 5.00. The number of carboxylic acid groups (broad SMARTS) is 1. The molecule has 0 atom stereocenters. The monoisotopic (exact) mass is 375 g/mol. The SMILES string of the molecule is O=C(O)CCCCCc1c(F)cc(-c2cccnc2OCC2CC2)cc1F. The molecule has 1 aromatic heterocycles. The number of aliphatic carboxylic acids is 1. The average molecular weight is 375 g/mol. The summed E-state index contributed by atoms with van der Waals surface area (Å²) in [5.74, 6) is -1.10. The lowest BCUT2D eigenvalue weighted by atomic mass is 10.00. The Kier molecular flexibility index (Phi) is 6.37. The summed E-state index contributed by atoms with van der Waals surface area (Å²) < 4.78 is 34.7. The smallest absolute Gasteiger partial charge is 0.303 e. The number of unbranched alkanes of at least 4 members (excludes halogenated alkanes) is 2. The van der Waals surface area contributed by atoms with E-state index in [4.69, 9.17) is 9.84 Å². The van der Waals surface area contributed by atoms with Crippen molar-refractivity contribution in [2.24, 2.45) is 5.92 Å². The molecule has 4 nitrogen and oxygen atoms in total. The highest BCUT2D eigenvalue weighted by molar-refractivity contribution is 5.69. The van der Waals surface area contributed by atoms with Crippen molar-refractivity contribution in [2.75, 3.05) is 6.61 Å². The second-order valence-corrected chi connectivity index (χ2v) is 6.98. The molecule has 1 heterocycles. The fraction of sp³-hybridized carbons (Fsp3) is 0.429. The maximum Gasteiger partial charge on any atom is 0.303 e. The second kappa shape index (κ2) is 8.93. The van der Waals surface area contributed by atoms with Crippen LogP contribution in [0, 0.1) is 17.6 Å². The highest BCUT2D eigenvalue weighted by Crippen LogP contribution is 2.34. The molecule has 0 amide bonds. The Morgan fingerprint density at radius 3 is 2.59 bits per heavy atom. The molecule has 2 aromatic rings. The first-order valence-corrected chi connectivity index (χ1v) is 9.32. The molecule has 27 heavy (non-hydrogen) atoms. The fourth-order valence-corrected chi connectivity index (χ4v) is 2.96. The van der Waals surface area contributed by atoms with E-state index in [0.29, 0.717) is 48.8 Å². The largest absolute Gasteiger partial charge is 0.481 e. The number of rotatable bonds is 10. The van der Waals surface area contributed by atoms with Gasteiger partial charge in [0.15, 0.2) is 0 Å². The first kappa shape index (κ1) is 19.3. The number of benzene rings is 1. The van der Waals surface area contributed by atoms with E-state index < -0.39 is 17.6 Å². The van der Waals surface area contributed by atoms with Crippen molar-refractivity contribution >= 4 is 5.97 Å². The van der Waals surface area contributed by atoms with Gasteiger partial charge in [0.1, 0.15) is 11.6 Å². The maximum atomic E-state index is 14.5. The van der Waals surface area contributed by atoms with Crippen molar-refractivity contribution in [3.63, 3.8) is 0 Å². The molecule has 1 aliphatic carbocycles. The van der Waals surface area contributed by atoms with Crippen LogP contribution in [0.3, 0.4) is 0 Å². The van der Waals surface area contributed by atoms with Crippen LogP contribution in [-0.4, -0.2) is 22.7 Å². The Hall–Kier alpha value is -2.50. The van der Waals surface area contributed by atoms with E-state index in [-0.39, 0.29) is 18.4 Å². The molecule has 6 heteroatoms. The molecule has 0 spiro atoms. The van der Waals surface area contributed by atoms with Crippen molar-refractivity contribution in [3.8, 4) is 17.0 Å². The Bertz CT molecular complexity index is 783. The minimum atomic E-state index is -0.854. The van der Waals surface area contributed by atoms with Gasteiger partial charge in [-0.05, 0) is 67.9 Å². The summed E-state index contributed by atoms with van der Waals surface area (Å²) in [6.07, 6.45) is 5.89. The molecule has 0 unspecified atom stereocenters. The number of carboxylic acids is 1. The first-order chi connectivity index (χ1) is 13.0. The van der Waals surface area contributed by atoms with Crippen molar-refractivity contribution in [1.82, 2.24) is 4.98 Å². The summed E-state index contributed by atoms with van der Waals surface area (Å²) in [6.45, 7) is 0.573. The van der Waals surface area contributed by atoms with Crippen molar-refractivity contribution in [3.05, 3.63) is 47.7 Å². The van der Waals surface area contributed by atoms with E-state index in [1.165, 1.54) is 12.1 Å². The maximum absolute atomic E-state index is 14.5. The number of aromatic nitrogens is 1. The van der Waals surface area contributed by atoms with Gasteiger partial charge in [0.2, 0.25) is 5.88 Å². The minimum absolute atomic E-state index is 0.0402. The van der Waals surface area contributed by atoms with E-state index in [1.54, 1.807) is 18.3 Å². The van der Waals surface area contributed by atoms with Gasteiger partial charge in [0.05, 0.1) is 6.61 Å². The van der Waals surface area contributed by atoms with Gasteiger partial charge >= 0.3 is 5.97 Å². The van der Waals surface area contributed by atoms with Crippen molar-refractivity contribution < 1.29 is 23.4 Å². The molecule has 0 radical (unpaired) electrons. The molecular formula is C21H23F2NO3. The second-order valence-electron chi connectivity index (χ2n) is 6.98. The standard InChI is InChI=1S/C21H23F2NO3/c22-18-11-15(12-19(23)17(18)5-2-1-3-7-20(25)26)16-6-4-10-24-21(16)27-13-14-8-9-14/h4,6,10-12,14H,1-3,5,7-9,13H2,(H,25,26). The Morgan fingerprint density at radius 1 is 1.19 bits per heavy atom. The zero-order valence-electron chi connectivity index (χ0n) is 15.1. The fourth-order valence-electron chi connectivity index (χ4n) is 2.96. The van der Waals surface area contributed by atoms with E-state index in [2.05, 4.69) is 4.98 Å². The average Bonchev–Trinajstić information content (AvgIpc) is 3.46. The lowest BCUT2D eigenvalue weighted by molar-refractivity contribution is -0.137. The van der Waals surface area contributed by atoms with Crippen molar-refractivity contribution in [2.45, 2.75) is 44.9 Å². The summed E-state index contributed by atoms with van der Waals surface area (Å²) in [4.78, 5) is 14.7. The molecule has 1 saturated carbocycles. The summed E-state index contributed by atoms with van der Waals surface area (Å²) in [7, 11) is 0. The van der Waals surface area contributed by atoms with E-state index in [0.717, 1.165) is 12.8 Å². The third kappa shape index (κ3) is 5.49. The van der Waals surface area contributed by atoms with Crippen LogP contribution in [0.4, 0.5) is 8.78 Å². The van der Waals surface area contributed by atoms with Gasteiger partial charge in [-0.15, -0.1) is 0 Å². The predicted molar refractivity (Wildman–Crippen MR) is 97.6 cm³/mol. The molecular weight excluding hydrogens is 352 g/mol. The van der Waals surface area contributed by atoms with Crippen LogP contribution in [0.1, 0.15) is 44.1 Å². The first-order valence-electron chi connectivity index (χ1n) is 9.32. The molecule has 1 aliphatic rings. The number of halogens is 2. The third-order valence-corrected chi connectivity index (χ3v) is 4.69. The molecule has 1 N–H and O–H groups in total. The number of hydrogen-bond donors (Lipinski definition) is 1. The van der Waals surface area contributed by atoms with Crippen LogP contribution in [0.25, 0.3) is 11.1 Å². The van der Waals surface area contributed by atoms with E-state index in [1.807, 2.05) is 0 Å². The van der Waals surface area contributed by atoms with Crippen LogP contribution in [-0.2, 0) is 11.2 Å². The molecule has 144 valence electrons. The number of carbonyl (C=O) groups is 1. The molecule has 1 fully saturated rings. The van der Waals surface area contributed by atoms with Gasteiger partial charge < -0.3 is 9.84 Å². The summed E-state index contributed by atoms with van der Waals surface area (Å²) in [5, 5.41) is 8.62. The Morgan fingerprint density at radius 2 is 1.93 bits per heavy atom. The normalized spacial score (nSPS) is 13.6. The quantitative estimate of drug-likeness (QED) is 0.594. The van der Waals surface area contributed by atoms with Gasteiger partial charge in [-0.3, -0.25) is 4.79 Å². The molecule has 0 aliphatic heterocycles. The number of ether oxygens (including phenoxy) is 1. The summed E-state index contributed by atoms with van der Waals surface area (Å²) in [6, 6.07) is 6.09. The van der Waals surface area contributed by atoms with Gasteiger partial charge in [-0.2, -0.15) is 0 Å². The van der Waals surface area contributed by atoms with Crippen LogP contribution in [0.5, 0.6) is 5.88 Å². The van der Waals surface area contributed by atoms with Crippen LogP contribution in [0.2, 0.25) is 0 Å². The topological polar surface area (TPSA) is 59.4 Å². The summed E-state index contributed by atoms with van der Waals surface area (Å²) >= 11 is 0. The van der Waals surface area contributed by atoms with Gasteiger partial charge in [0, 0.05) is 23.7 Å². The lowest BCUT2D eigenvalue weighted by Crippen LogP contribution is -2.03. The Labute approximate surface area is 157 Å². The van der Waals surface area contributed by atoms with Crippen LogP contribution in [0.15, 0.2) is 30.5 Å². The van der Waals surface area contributed by atoms with Crippen LogP contribution >= 0.6 is 0 Å². The zero-order valence-corrected chi connectivity index (χ0v) is 15.1. The number of hydrogen-bond acceptors (Lipinski definition) is 3. The molecule has 3 rings (SSSR count). The number of nitrogens with zero attached hydrogens (tertiary/aromatic N) is 1. The molecule has 0 saturated heterocycles. The molecule has 0 bridgehead atoms. The number of pyridine rings is 1. The van der Waals surface area contributed by atoms with Gasteiger partial charge in [0.25, 0.3) is 0 Å². The van der Waals surface area contributed by atoms with Crippen molar-refractivity contribution in [1.29, 1.82) is 0 Å². The Balaban J connectivity index is 1.69. The lowest BCUT2D eigenvalue weighted by Gasteiger charge is -2.12. The van der Waals surface area contributed by atoms with E-state index in [9.17, 15) is 13.6 Å². The third-order valence-electron chi connectivity index (χ3n) is 4.69. The van der Waals surface area contributed by atoms with E-state index >= 15 is 0 Å². The highest BCUT2D eigenvalue weighted by Gasteiger charge is 2.23. The zero-order chi connectivity index (χ0) is 19.2. The van der Waals surface area contributed by atoms with Gasteiger partial charge in [-0.1, -0.05) is 6.42 Å². The molecule has 1 aromatic carbocycles. The van der Waals surface area contributed by atoms with Crippen LogP contribution < -0.4 is 4.74 Å². The minimum Gasteiger partial charge on any atom is -0.481 e.